The van der Waals surface area contributed by atoms with Crippen LogP contribution in [0.4, 0.5) is 0 Å². The van der Waals surface area contributed by atoms with Crippen LogP contribution in [0.3, 0.4) is 0 Å². The van der Waals surface area contributed by atoms with Crippen LogP contribution in [-0.4, -0.2) is 30.7 Å². The number of ketones is 2. The van der Waals surface area contributed by atoms with Crippen molar-refractivity contribution < 1.29 is 23.9 Å². The van der Waals surface area contributed by atoms with E-state index in [4.69, 9.17) is 9.47 Å². The Labute approximate surface area is 154 Å². The number of benzene rings is 2. The average molecular weight is 405 g/mol. The van der Waals surface area contributed by atoms with Crippen LogP contribution in [0.25, 0.3) is 0 Å². The fourth-order valence-corrected chi connectivity index (χ4v) is 2.25. The highest BCUT2D eigenvalue weighted by molar-refractivity contribution is 9.10. The molecule has 2 rings (SSSR count). The summed E-state index contributed by atoms with van der Waals surface area (Å²) in [7, 11) is 0. The van der Waals surface area contributed by atoms with Gasteiger partial charge >= 0.3 is 5.97 Å². The summed E-state index contributed by atoms with van der Waals surface area (Å²) in [5.41, 5.74) is 1.06. The Morgan fingerprint density at radius 3 is 2.00 bits per heavy atom. The minimum atomic E-state index is -0.640. The van der Waals surface area contributed by atoms with E-state index in [1.54, 1.807) is 55.5 Å². The maximum atomic E-state index is 11.9. The van der Waals surface area contributed by atoms with E-state index in [1.165, 1.54) is 0 Å². The van der Waals surface area contributed by atoms with Gasteiger partial charge in [-0.05, 0) is 36.4 Å². The van der Waals surface area contributed by atoms with E-state index in [9.17, 15) is 14.4 Å². The zero-order valence-electron chi connectivity index (χ0n) is 13.7. The number of hydrogen-bond donors (Lipinski definition) is 0. The summed E-state index contributed by atoms with van der Waals surface area (Å²) in [5, 5.41) is 0. The number of halogens is 1. The van der Waals surface area contributed by atoms with Crippen molar-refractivity contribution in [3.63, 3.8) is 0 Å². The third-order valence-electron chi connectivity index (χ3n) is 3.38. The molecule has 0 atom stereocenters. The molecule has 130 valence electrons. The summed E-state index contributed by atoms with van der Waals surface area (Å²) in [5.74, 6) is -0.441. The van der Waals surface area contributed by atoms with Crippen molar-refractivity contribution in [2.24, 2.45) is 0 Å². The van der Waals surface area contributed by atoms with E-state index in [2.05, 4.69) is 15.9 Å². The second-order valence-corrected chi connectivity index (χ2v) is 6.10. The SMILES string of the molecule is CCC(=O)c1ccc(OCC(=O)OCC(=O)c2ccc(Br)cc2)cc1. The van der Waals surface area contributed by atoms with Crippen molar-refractivity contribution in [3.05, 3.63) is 64.1 Å². The second kappa shape index (κ2) is 9.13. The molecule has 0 fully saturated rings. The van der Waals surface area contributed by atoms with Crippen LogP contribution in [-0.2, 0) is 9.53 Å². The monoisotopic (exact) mass is 404 g/mol. The molecule has 0 heterocycles. The maximum absolute atomic E-state index is 11.9. The Hall–Kier alpha value is -2.47. The molecule has 0 bridgehead atoms. The molecule has 0 spiro atoms. The zero-order chi connectivity index (χ0) is 18.2. The van der Waals surface area contributed by atoms with E-state index >= 15 is 0 Å². The molecule has 5 nitrogen and oxygen atoms in total. The lowest BCUT2D eigenvalue weighted by Crippen LogP contribution is -2.19. The third kappa shape index (κ3) is 5.83. The molecule has 2 aromatic rings. The van der Waals surface area contributed by atoms with Gasteiger partial charge in [-0.3, -0.25) is 9.59 Å². The number of carbonyl (C=O) groups is 3. The molecule has 0 saturated carbocycles. The highest BCUT2D eigenvalue weighted by Gasteiger charge is 2.11. The normalized spacial score (nSPS) is 10.2. The molecule has 0 aromatic heterocycles. The number of hydrogen-bond acceptors (Lipinski definition) is 5. The molecule has 0 N–H and O–H groups in total. The van der Waals surface area contributed by atoms with Crippen LogP contribution in [0.2, 0.25) is 0 Å². The van der Waals surface area contributed by atoms with Crippen molar-refractivity contribution in [1.82, 2.24) is 0 Å². The number of carbonyl (C=O) groups excluding carboxylic acids is 3. The third-order valence-corrected chi connectivity index (χ3v) is 3.91. The van der Waals surface area contributed by atoms with Crippen LogP contribution in [0, 0.1) is 0 Å². The highest BCUT2D eigenvalue weighted by atomic mass is 79.9. The number of ether oxygens (including phenoxy) is 2. The van der Waals surface area contributed by atoms with Gasteiger partial charge in [-0.15, -0.1) is 0 Å². The second-order valence-electron chi connectivity index (χ2n) is 5.18. The first kappa shape index (κ1) is 18.9. The van der Waals surface area contributed by atoms with Gasteiger partial charge in [-0.25, -0.2) is 4.79 Å². The maximum Gasteiger partial charge on any atom is 0.344 e. The Bertz CT molecular complexity index is 750. The smallest absolute Gasteiger partial charge is 0.344 e. The summed E-state index contributed by atoms with van der Waals surface area (Å²) >= 11 is 3.28. The first-order valence-electron chi connectivity index (χ1n) is 7.70. The predicted octanol–water partition coefficient (Wildman–Crippen LogP) is 3.85. The van der Waals surface area contributed by atoms with Crippen LogP contribution in [0.5, 0.6) is 5.75 Å². The molecule has 0 aliphatic carbocycles. The zero-order valence-corrected chi connectivity index (χ0v) is 15.2. The lowest BCUT2D eigenvalue weighted by atomic mass is 10.1. The van der Waals surface area contributed by atoms with E-state index in [0.717, 1.165) is 4.47 Å². The number of Topliss-reactive ketones (excluding diaryl/α,β-unsaturated/α-hetero) is 2. The summed E-state index contributed by atoms with van der Waals surface area (Å²) in [6.45, 7) is 1.14. The largest absolute Gasteiger partial charge is 0.482 e. The number of rotatable bonds is 8. The summed E-state index contributed by atoms with van der Waals surface area (Å²) < 4.78 is 11.1. The van der Waals surface area contributed by atoms with E-state index in [-0.39, 0.29) is 24.8 Å². The minimum Gasteiger partial charge on any atom is -0.482 e. The molecule has 0 radical (unpaired) electrons. The average Bonchev–Trinajstić information content (AvgIpc) is 2.64. The van der Waals surface area contributed by atoms with Crippen LogP contribution in [0.1, 0.15) is 34.1 Å². The minimum absolute atomic E-state index is 0.0393. The van der Waals surface area contributed by atoms with Gasteiger partial charge in [0, 0.05) is 22.0 Å². The molecule has 0 unspecified atom stereocenters. The summed E-state index contributed by atoms with van der Waals surface area (Å²) in [6.07, 6.45) is 0.429. The van der Waals surface area contributed by atoms with Crippen molar-refractivity contribution >= 4 is 33.5 Å². The van der Waals surface area contributed by atoms with Gasteiger partial charge in [0.2, 0.25) is 0 Å². The fraction of sp³-hybridized carbons (Fsp3) is 0.211. The van der Waals surface area contributed by atoms with Crippen LogP contribution >= 0.6 is 15.9 Å². The summed E-state index contributed by atoms with van der Waals surface area (Å²) in [6, 6.07) is 13.3. The van der Waals surface area contributed by atoms with Crippen molar-refractivity contribution in [3.8, 4) is 5.75 Å². The Morgan fingerprint density at radius 2 is 1.40 bits per heavy atom. The lowest BCUT2D eigenvalue weighted by Gasteiger charge is -2.07. The Kier molecular flexibility index (Phi) is 6.89. The van der Waals surface area contributed by atoms with Gasteiger partial charge in [0.25, 0.3) is 0 Å². The standard InChI is InChI=1S/C19H17BrO5/c1-2-17(21)13-5-9-16(10-6-13)24-12-19(23)25-11-18(22)14-3-7-15(20)8-4-14/h3-10H,2,11-12H2,1H3. The molecular formula is C19H17BrO5. The quantitative estimate of drug-likeness (QED) is 0.493. The van der Waals surface area contributed by atoms with Gasteiger partial charge in [-0.2, -0.15) is 0 Å². The first-order valence-corrected chi connectivity index (χ1v) is 8.49. The van der Waals surface area contributed by atoms with Gasteiger partial charge in [0.15, 0.2) is 24.8 Å². The number of esters is 1. The van der Waals surface area contributed by atoms with Gasteiger partial charge in [0.1, 0.15) is 5.75 Å². The van der Waals surface area contributed by atoms with Crippen molar-refractivity contribution in [1.29, 1.82) is 0 Å². The molecule has 2 aromatic carbocycles. The van der Waals surface area contributed by atoms with Gasteiger partial charge in [0.05, 0.1) is 0 Å². The lowest BCUT2D eigenvalue weighted by molar-refractivity contribution is -0.144. The molecule has 0 aliphatic rings. The van der Waals surface area contributed by atoms with Gasteiger partial charge in [-0.1, -0.05) is 35.0 Å². The van der Waals surface area contributed by atoms with Crippen molar-refractivity contribution in [2.45, 2.75) is 13.3 Å². The van der Waals surface area contributed by atoms with Crippen LogP contribution in [0.15, 0.2) is 53.0 Å². The molecular weight excluding hydrogens is 388 g/mol. The Balaban J connectivity index is 1.77. The summed E-state index contributed by atoms with van der Waals surface area (Å²) in [4.78, 5) is 35.1. The Morgan fingerprint density at radius 1 is 0.840 bits per heavy atom. The van der Waals surface area contributed by atoms with Gasteiger partial charge < -0.3 is 9.47 Å². The van der Waals surface area contributed by atoms with E-state index < -0.39 is 5.97 Å². The fourth-order valence-electron chi connectivity index (χ4n) is 1.99. The van der Waals surface area contributed by atoms with E-state index in [0.29, 0.717) is 23.3 Å². The molecule has 0 aliphatic heterocycles. The first-order chi connectivity index (χ1) is 12.0. The molecule has 0 saturated heterocycles. The molecule has 6 heteroatoms. The predicted molar refractivity (Wildman–Crippen MR) is 96.0 cm³/mol. The van der Waals surface area contributed by atoms with E-state index in [1.807, 2.05) is 0 Å². The van der Waals surface area contributed by atoms with Crippen molar-refractivity contribution in [2.75, 3.05) is 13.2 Å². The van der Waals surface area contributed by atoms with Crippen LogP contribution < -0.4 is 4.74 Å². The topological polar surface area (TPSA) is 69.7 Å². The molecule has 25 heavy (non-hydrogen) atoms. The molecule has 0 amide bonds. The highest BCUT2D eigenvalue weighted by Crippen LogP contribution is 2.14.